The predicted octanol–water partition coefficient (Wildman–Crippen LogP) is 6.02. The highest BCUT2D eigenvalue weighted by atomic mass is 16.6. The van der Waals surface area contributed by atoms with Crippen molar-refractivity contribution in [2.75, 3.05) is 6.54 Å². The van der Waals surface area contributed by atoms with E-state index in [0.29, 0.717) is 19.4 Å². The Morgan fingerprint density at radius 2 is 1.79 bits per heavy atom. The van der Waals surface area contributed by atoms with Crippen molar-refractivity contribution in [3.63, 3.8) is 0 Å². The van der Waals surface area contributed by atoms with Gasteiger partial charge in [-0.2, -0.15) is 0 Å². The number of cyclic esters (lactones) is 1. The molecule has 1 fully saturated rings. The number of aromatic nitrogens is 1. The summed E-state index contributed by atoms with van der Waals surface area (Å²) >= 11 is 0. The fourth-order valence-electron chi connectivity index (χ4n) is 4.65. The van der Waals surface area contributed by atoms with E-state index in [9.17, 15) is 9.90 Å². The molecule has 0 bridgehead atoms. The molecule has 33 heavy (non-hydrogen) atoms. The van der Waals surface area contributed by atoms with Gasteiger partial charge in [0.05, 0.1) is 17.3 Å². The third-order valence-corrected chi connectivity index (χ3v) is 6.39. The summed E-state index contributed by atoms with van der Waals surface area (Å²) in [5.41, 5.74) is 3.25. The van der Waals surface area contributed by atoms with Crippen LogP contribution in [0.4, 0.5) is 4.79 Å². The first-order valence-electron chi connectivity index (χ1n) is 11.5. The van der Waals surface area contributed by atoms with Gasteiger partial charge in [-0.3, -0.25) is 4.98 Å². The van der Waals surface area contributed by atoms with Crippen molar-refractivity contribution in [3.05, 3.63) is 89.6 Å². The van der Waals surface area contributed by atoms with E-state index < -0.39 is 11.2 Å². The topological polar surface area (TPSA) is 62.7 Å². The second-order valence-electron chi connectivity index (χ2n) is 9.67. The zero-order chi connectivity index (χ0) is 23.6. The molecule has 5 nitrogen and oxygen atoms in total. The summed E-state index contributed by atoms with van der Waals surface area (Å²) in [4.78, 5) is 19.4. The van der Waals surface area contributed by atoms with E-state index in [1.165, 1.54) is 0 Å². The summed E-state index contributed by atoms with van der Waals surface area (Å²) in [5.74, 6) is 0. The lowest BCUT2D eigenvalue weighted by molar-refractivity contribution is -0.101. The molecule has 1 aromatic heterocycles. The fraction of sp³-hybridized carbons (Fsp3) is 0.357. The van der Waals surface area contributed by atoms with Crippen LogP contribution in [-0.2, 0) is 10.3 Å². The molecule has 5 heteroatoms. The lowest BCUT2D eigenvalue weighted by Crippen LogP contribution is -2.51. The molecule has 4 rings (SSSR count). The van der Waals surface area contributed by atoms with E-state index in [-0.39, 0.29) is 12.1 Å². The monoisotopic (exact) mass is 444 g/mol. The molecule has 1 amide bonds. The molecule has 0 aliphatic carbocycles. The van der Waals surface area contributed by atoms with Gasteiger partial charge in [-0.25, -0.2) is 4.79 Å². The number of pyridine rings is 1. The van der Waals surface area contributed by atoms with Crippen LogP contribution in [0.15, 0.2) is 72.9 Å². The van der Waals surface area contributed by atoms with Crippen molar-refractivity contribution in [1.82, 2.24) is 9.88 Å². The van der Waals surface area contributed by atoms with Crippen molar-refractivity contribution in [2.45, 2.75) is 57.8 Å². The summed E-state index contributed by atoms with van der Waals surface area (Å²) in [6.07, 6.45) is 2.38. The van der Waals surface area contributed by atoms with Crippen LogP contribution in [0.1, 0.15) is 56.3 Å². The number of aryl methyl sites for hydroxylation is 1. The Hall–Kier alpha value is -3.18. The Kier molecular flexibility index (Phi) is 6.26. The Bertz CT molecular complexity index is 1090. The molecule has 1 aliphatic heterocycles. The largest absolute Gasteiger partial charge is 0.438 e. The number of ether oxygens (including phenoxy) is 1. The summed E-state index contributed by atoms with van der Waals surface area (Å²) in [6.45, 7) is 8.11. The van der Waals surface area contributed by atoms with Crippen LogP contribution < -0.4 is 0 Å². The lowest BCUT2D eigenvalue weighted by Gasteiger charge is -2.45. The molecule has 172 valence electrons. The van der Waals surface area contributed by atoms with Crippen LogP contribution in [0.2, 0.25) is 0 Å². The van der Waals surface area contributed by atoms with Gasteiger partial charge in [-0.05, 0) is 51.0 Å². The molecule has 1 N–H and O–H groups in total. The molecule has 1 aliphatic rings. The second-order valence-corrected chi connectivity index (χ2v) is 9.67. The number of carbonyl (C=O) groups excluding carboxylic acids is 1. The highest BCUT2D eigenvalue weighted by Gasteiger charge is 2.46. The van der Waals surface area contributed by atoms with Crippen LogP contribution >= 0.6 is 0 Å². The first kappa shape index (κ1) is 23.0. The van der Waals surface area contributed by atoms with Crippen molar-refractivity contribution in [2.24, 2.45) is 0 Å². The maximum Gasteiger partial charge on any atom is 0.411 e. The van der Waals surface area contributed by atoms with Crippen LogP contribution in [0.5, 0.6) is 0 Å². The van der Waals surface area contributed by atoms with Crippen molar-refractivity contribution in [3.8, 4) is 11.3 Å². The van der Waals surface area contributed by atoms with Crippen LogP contribution in [0.3, 0.4) is 0 Å². The van der Waals surface area contributed by atoms with Crippen LogP contribution in [0, 0.1) is 6.92 Å². The minimum atomic E-state index is -0.972. The molecular formula is C28H32N2O3. The van der Waals surface area contributed by atoms with Crippen molar-refractivity contribution in [1.29, 1.82) is 0 Å². The molecule has 3 aromatic rings. The quantitative estimate of drug-likeness (QED) is 0.505. The number of nitrogens with zero attached hydrogens (tertiary/aromatic N) is 2. The van der Waals surface area contributed by atoms with E-state index >= 15 is 0 Å². The Morgan fingerprint density at radius 1 is 1.09 bits per heavy atom. The van der Waals surface area contributed by atoms with Crippen molar-refractivity contribution < 1.29 is 14.6 Å². The first-order valence-corrected chi connectivity index (χ1v) is 11.5. The highest BCUT2D eigenvalue weighted by molar-refractivity contribution is 5.70. The van der Waals surface area contributed by atoms with Gasteiger partial charge in [-0.15, -0.1) is 0 Å². The molecule has 0 radical (unpaired) electrons. The number of benzene rings is 2. The van der Waals surface area contributed by atoms with Gasteiger partial charge in [0.25, 0.3) is 0 Å². The van der Waals surface area contributed by atoms with E-state index in [4.69, 9.17) is 4.74 Å². The third-order valence-electron chi connectivity index (χ3n) is 6.39. The average Bonchev–Trinajstić information content (AvgIpc) is 2.79. The summed E-state index contributed by atoms with van der Waals surface area (Å²) < 4.78 is 6.14. The maximum absolute atomic E-state index is 13.3. The molecule has 1 saturated heterocycles. The number of hydrogen-bond donors (Lipinski definition) is 1. The predicted molar refractivity (Wildman–Crippen MR) is 130 cm³/mol. The Balaban J connectivity index is 1.54. The standard InChI is InChI=1S/C28H32N2O3/c1-20-8-14-24(15-9-20)28(19-27(3,4)32)16-18-30(26(31)33-28)21(2)22-10-12-23(13-11-22)25-7-5-6-17-29-25/h5-15,17,21,32H,16,18-19H2,1-4H3/t21-,28-/m0/s1. The summed E-state index contributed by atoms with van der Waals surface area (Å²) in [7, 11) is 0. The van der Waals surface area contributed by atoms with E-state index in [1.807, 2.05) is 80.6 Å². The Morgan fingerprint density at radius 3 is 2.36 bits per heavy atom. The minimum Gasteiger partial charge on any atom is -0.438 e. The summed E-state index contributed by atoms with van der Waals surface area (Å²) in [6, 6.07) is 21.9. The molecule has 0 unspecified atom stereocenters. The average molecular weight is 445 g/mol. The van der Waals surface area contributed by atoms with Crippen LogP contribution in [-0.4, -0.2) is 33.2 Å². The summed E-state index contributed by atoms with van der Waals surface area (Å²) in [5, 5.41) is 10.6. The lowest BCUT2D eigenvalue weighted by atomic mass is 9.80. The van der Waals surface area contributed by atoms with Crippen LogP contribution in [0.25, 0.3) is 11.3 Å². The number of aliphatic hydroxyl groups is 1. The van der Waals surface area contributed by atoms with Gasteiger partial charge in [0.1, 0.15) is 5.60 Å². The molecular weight excluding hydrogens is 412 g/mol. The molecule has 0 saturated carbocycles. The molecule has 2 aromatic carbocycles. The maximum atomic E-state index is 13.3. The molecule has 2 atom stereocenters. The van der Waals surface area contributed by atoms with E-state index in [2.05, 4.69) is 4.98 Å². The zero-order valence-corrected chi connectivity index (χ0v) is 19.8. The normalized spacial score (nSPS) is 19.8. The molecule has 2 heterocycles. The number of carbonyl (C=O) groups is 1. The van der Waals surface area contributed by atoms with E-state index in [0.717, 1.165) is 27.9 Å². The highest BCUT2D eigenvalue weighted by Crippen LogP contribution is 2.42. The van der Waals surface area contributed by atoms with E-state index in [1.54, 1.807) is 24.9 Å². The number of hydrogen-bond acceptors (Lipinski definition) is 4. The molecule has 0 spiro atoms. The van der Waals surface area contributed by atoms with Gasteiger partial charge >= 0.3 is 6.09 Å². The van der Waals surface area contributed by atoms with Gasteiger partial charge < -0.3 is 14.7 Å². The zero-order valence-electron chi connectivity index (χ0n) is 19.8. The van der Waals surface area contributed by atoms with Gasteiger partial charge in [0.2, 0.25) is 0 Å². The fourth-order valence-corrected chi connectivity index (χ4v) is 4.65. The first-order chi connectivity index (χ1) is 15.7. The second kappa shape index (κ2) is 8.99. The van der Waals surface area contributed by atoms with Gasteiger partial charge in [0, 0.05) is 31.1 Å². The minimum absolute atomic E-state index is 0.131. The van der Waals surface area contributed by atoms with Gasteiger partial charge in [-0.1, -0.05) is 60.2 Å². The SMILES string of the molecule is Cc1ccc([C@@]2(CC(C)(C)O)CCN([C@@H](C)c3ccc(-c4ccccn4)cc3)C(=O)O2)cc1. The van der Waals surface area contributed by atoms with Crippen molar-refractivity contribution >= 4 is 6.09 Å². The number of amides is 1. The number of rotatable bonds is 6. The third kappa shape index (κ3) is 5.09. The Labute approximate surface area is 196 Å². The smallest absolute Gasteiger partial charge is 0.411 e. The van der Waals surface area contributed by atoms with Gasteiger partial charge in [0.15, 0.2) is 0 Å².